The highest BCUT2D eigenvalue weighted by Gasteiger charge is 2.23. The maximum absolute atomic E-state index is 12.1. The first kappa shape index (κ1) is 16.8. The molecule has 0 saturated heterocycles. The van der Waals surface area contributed by atoms with Crippen LogP contribution in [0.5, 0.6) is 0 Å². The third-order valence-corrected chi connectivity index (χ3v) is 5.33. The van der Waals surface area contributed by atoms with Gasteiger partial charge in [0.1, 0.15) is 5.82 Å². The van der Waals surface area contributed by atoms with Crippen molar-refractivity contribution in [3.8, 4) is 0 Å². The molecular formula is C21H24N4O. The van der Waals surface area contributed by atoms with Crippen LogP contribution in [0, 0.1) is 13.8 Å². The Morgan fingerprint density at radius 2 is 2.12 bits per heavy atom. The molecule has 3 heterocycles. The maximum Gasteiger partial charge on any atom is 0.254 e. The summed E-state index contributed by atoms with van der Waals surface area (Å²) >= 11 is 0. The van der Waals surface area contributed by atoms with Gasteiger partial charge in [0.25, 0.3) is 5.56 Å². The van der Waals surface area contributed by atoms with Crippen molar-refractivity contribution in [3.63, 3.8) is 0 Å². The molecule has 0 atom stereocenters. The first-order valence-electron chi connectivity index (χ1n) is 9.07. The molecule has 1 aliphatic heterocycles. The molecule has 0 radical (unpaired) electrons. The fraction of sp³-hybridized carbons (Fsp3) is 0.333. The molecule has 134 valence electrons. The number of benzene rings is 1. The number of hydrogen-bond donors (Lipinski definition) is 1. The molecule has 1 N–H and O–H groups in total. The SMILES string of the molecule is C=CCn1c(C)c(CN2CCc3c(nc(C)[nH]c3=O)C2)c2ccccc21. The molecule has 0 aliphatic carbocycles. The minimum atomic E-state index is 0.0194. The van der Waals surface area contributed by atoms with Crippen LogP contribution in [0.25, 0.3) is 10.9 Å². The molecule has 1 aliphatic rings. The van der Waals surface area contributed by atoms with Gasteiger partial charge in [0, 0.05) is 48.3 Å². The number of allylic oxidation sites excluding steroid dienone is 1. The van der Waals surface area contributed by atoms with Gasteiger partial charge in [0.2, 0.25) is 0 Å². The Balaban J connectivity index is 1.69. The Morgan fingerprint density at radius 3 is 2.92 bits per heavy atom. The van der Waals surface area contributed by atoms with Gasteiger partial charge in [-0.2, -0.15) is 0 Å². The lowest BCUT2D eigenvalue weighted by molar-refractivity contribution is 0.240. The lowest BCUT2D eigenvalue weighted by Crippen LogP contribution is -2.35. The van der Waals surface area contributed by atoms with Gasteiger partial charge in [-0.15, -0.1) is 6.58 Å². The maximum atomic E-state index is 12.1. The summed E-state index contributed by atoms with van der Waals surface area (Å²) in [5.74, 6) is 0.689. The second kappa shape index (κ2) is 6.57. The molecule has 5 nitrogen and oxygen atoms in total. The Kier molecular flexibility index (Phi) is 4.24. The van der Waals surface area contributed by atoms with Gasteiger partial charge in [-0.05, 0) is 31.9 Å². The number of rotatable bonds is 4. The number of hydrogen-bond acceptors (Lipinski definition) is 3. The summed E-state index contributed by atoms with van der Waals surface area (Å²) in [6, 6.07) is 8.55. The number of nitrogens with zero attached hydrogens (tertiary/aromatic N) is 3. The van der Waals surface area contributed by atoms with Crippen molar-refractivity contribution in [3.05, 3.63) is 75.6 Å². The van der Waals surface area contributed by atoms with Crippen LogP contribution < -0.4 is 5.56 Å². The summed E-state index contributed by atoms with van der Waals surface area (Å²) < 4.78 is 2.32. The number of nitrogens with one attached hydrogen (secondary N) is 1. The van der Waals surface area contributed by atoms with Crippen molar-refractivity contribution in [2.24, 2.45) is 0 Å². The Hall–Kier alpha value is -2.66. The summed E-state index contributed by atoms with van der Waals surface area (Å²) in [5, 5.41) is 1.30. The first-order chi connectivity index (χ1) is 12.6. The van der Waals surface area contributed by atoms with Gasteiger partial charge in [-0.1, -0.05) is 24.3 Å². The van der Waals surface area contributed by atoms with E-state index in [0.717, 1.165) is 43.9 Å². The van der Waals surface area contributed by atoms with E-state index in [-0.39, 0.29) is 5.56 Å². The molecule has 0 fully saturated rings. The van der Waals surface area contributed by atoms with E-state index in [1.807, 2.05) is 13.0 Å². The van der Waals surface area contributed by atoms with E-state index in [1.54, 1.807) is 0 Å². The zero-order valence-corrected chi connectivity index (χ0v) is 15.4. The van der Waals surface area contributed by atoms with Gasteiger partial charge in [0.05, 0.1) is 5.69 Å². The molecule has 0 amide bonds. The zero-order chi connectivity index (χ0) is 18.3. The molecule has 0 saturated carbocycles. The topological polar surface area (TPSA) is 53.9 Å². The molecule has 2 aromatic heterocycles. The lowest BCUT2D eigenvalue weighted by Gasteiger charge is -2.27. The van der Waals surface area contributed by atoms with Crippen LogP contribution in [0.4, 0.5) is 0 Å². The predicted octanol–water partition coefficient (Wildman–Crippen LogP) is 3.09. The molecule has 4 rings (SSSR count). The number of aryl methyl sites for hydroxylation is 1. The summed E-state index contributed by atoms with van der Waals surface area (Å²) in [5.41, 5.74) is 5.68. The van der Waals surface area contributed by atoms with E-state index in [9.17, 15) is 4.79 Å². The van der Waals surface area contributed by atoms with E-state index >= 15 is 0 Å². The second-order valence-electron chi connectivity index (χ2n) is 7.02. The minimum Gasteiger partial charge on any atom is -0.341 e. The minimum absolute atomic E-state index is 0.0194. The highest BCUT2D eigenvalue weighted by molar-refractivity contribution is 5.85. The van der Waals surface area contributed by atoms with E-state index in [2.05, 4.69) is 57.2 Å². The molecule has 0 spiro atoms. The normalized spacial score (nSPS) is 14.5. The number of para-hydroxylation sites is 1. The van der Waals surface area contributed by atoms with Crippen molar-refractivity contribution in [2.75, 3.05) is 6.54 Å². The van der Waals surface area contributed by atoms with E-state index in [1.165, 1.54) is 22.2 Å². The lowest BCUT2D eigenvalue weighted by atomic mass is 10.0. The van der Waals surface area contributed by atoms with Crippen molar-refractivity contribution < 1.29 is 0 Å². The molecule has 0 bridgehead atoms. The van der Waals surface area contributed by atoms with Crippen LogP contribution in [0.1, 0.15) is 28.3 Å². The highest BCUT2D eigenvalue weighted by Crippen LogP contribution is 2.28. The van der Waals surface area contributed by atoms with E-state index in [4.69, 9.17) is 0 Å². The number of aromatic amines is 1. The Morgan fingerprint density at radius 1 is 1.31 bits per heavy atom. The fourth-order valence-electron chi connectivity index (χ4n) is 4.04. The molecule has 1 aromatic carbocycles. The molecule has 26 heavy (non-hydrogen) atoms. The fourth-order valence-corrected chi connectivity index (χ4v) is 4.04. The van der Waals surface area contributed by atoms with Gasteiger partial charge in [-0.25, -0.2) is 4.98 Å². The molecule has 0 unspecified atom stereocenters. The molecule has 5 heteroatoms. The summed E-state index contributed by atoms with van der Waals surface area (Å²) in [4.78, 5) is 21.9. The first-order valence-corrected chi connectivity index (χ1v) is 9.07. The predicted molar refractivity (Wildman–Crippen MR) is 104 cm³/mol. The average molecular weight is 348 g/mol. The van der Waals surface area contributed by atoms with Crippen molar-refractivity contribution in [1.82, 2.24) is 19.4 Å². The van der Waals surface area contributed by atoms with Crippen LogP contribution in [0.15, 0.2) is 41.7 Å². The monoisotopic (exact) mass is 348 g/mol. The van der Waals surface area contributed by atoms with E-state index in [0.29, 0.717) is 5.82 Å². The standard InChI is InChI=1S/C21H24N4O/c1-4-10-25-14(2)18(16-7-5-6-8-20(16)25)12-24-11-9-17-19(13-24)22-15(3)23-21(17)26/h4-8H,1,9-13H2,2-3H3,(H,22,23,26). The van der Waals surface area contributed by atoms with E-state index < -0.39 is 0 Å². The Labute approximate surface area is 153 Å². The van der Waals surface area contributed by atoms with Gasteiger partial charge >= 0.3 is 0 Å². The molecule has 3 aromatic rings. The Bertz CT molecular complexity index is 1040. The van der Waals surface area contributed by atoms with Crippen LogP contribution in [0.2, 0.25) is 0 Å². The van der Waals surface area contributed by atoms with Crippen molar-refractivity contribution in [1.29, 1.82) is 0 Å². The van der Waals surface area contributed by atoms with Crippen molar-refractivity contribution >= 4 is 10.9 Å². The van der Waals surface area contributed by atoms with Crippen LogP contribution in [0.3, 0.4) is 0 Å². The smallest absolute Gasteiger partial charge is 0.254 e. The summed E-state index contributed by atoms with van der Waals surface area (Å²) in [6.07, 6.45) is 2.70. The third-order valence-electron chi connectivity index (χ3n) is 5.33. The van der Waals surface area contributed by atoms with Crippen molar-refractivity contribution in [2.45, 2.75) is 39.9 Å². The van der Waals surface area contributed by atoms with Crippen LogP contribution in [-0.4, -0.2) is 26.0 Å². The largest absolute Gasteiger partial charge is 0.341 e. The zero-order valence-electron chi connectivity index (χ0n) is 15.4. The van der Waals surface area contributed by atoms with Crippen LogP contribution >= 0.6 is 0 Å². The average Bonchev–Trinajstić information content (AvgIpc) is 2.88. The summed E-state index contributed by atoms with van der Waals surface area (Å²) in [7, 11) is 0. The molecular weight excluding hydrogens is 324 g/mol. The number of aromatic nitrogens is 3. The number of H-pyrrole nitrogens is 1. The summed E-state index contributed by atoms with van der Waals surface area (Å²) in [6.45, 7) is 11.2. The number of fused-ring (bicyclic) bond motifs is 2. The highest BCUT2D eigenvalue weighted by atomic mass is 16.1. The van der Waals surface area contributed by atoms with Gasteiger partial charge in [0.15, 0.2) is 0 Å². The second-order valence-corrected chi connectivity index (χ2v) is 7.02. The van der Waals surface area contributed by atoms with Gasteiger partial charge in [-0.3, -0.25) is 9.69 Å². The quantitative estimate of drug-likeness (QED) is 0.737. The third kappa shape index (κ3) is 2.78. The van der Waals surface area contributed by atoms with Crippen LogP contribution in [-0.2, 0) is 26.1 Å². The van der Waals surface area contributed by atoms with Gasteiger partial charge < -0.3 is 9.55 Å².